The van der Waals surface area contributed by atoms with Gasteiger partial charge in [-0.05, 0) is 37.8 Å². The molecule has 0 unspecified atom stereocenters. The highest BCUT2D eigenvalue weighted by Crippen LogP contribution is 2.20. The summed E-state index contributed by atoms with van der Waals surface area (Å²) in [5.41, 5.74) is -0.238. The number of carbonyl (C=O) groups excluding carboxylic acids is 2. The summed E-state index contributed by atoms with van der Waals surface area (Å²) in [7, 11) is 0. The van der Waals surface area contributed by atoms with E-state index in [4.69, 9.17) is 0 Å². The molecule has 1 N–H and O–H groups in total. The third kappa shape index (κ3) is 4.34. The van der Waals surface area contributed by atoms with Crippen molar-refractivity contribution < 1.29 is 18.4 Å². The first-order valence-corrected chi connectivity index (χ1v) is 8.71. The van der Waals surface area contributed by atoms with Crippen LogP contribution in [0.1, 0.15) is 35.2 Å². The summed E-state index contributed by atoms with van der Waals surface area (Å²) >= 11 is 0. The van der Waals surface area contributed by atoms with Crippen LogP contribution in [0, 0.1) is 18.6 Å². The third-order valence-electron chi connectivity index (χ3n) is 4.68. The average molecular weight is 351 g/mol. The molecular weight excluding hydrogens is 328 g/mol. The van der Waals surface area contributed by atoms with Crippen molar-refractivity contribution in [2.24, 2.45) is 0 Å². The van der Waals surface area contributed by atoms with Gasteiger partial charge in [0.05, 0.1) is 6.54 Å². The molecule has 5 nitrogen and oxygen atoms in total. The molecule has 136 valence electrons. The molecule has 1 saturated heterocycles. The molecule has 0 bridgehead atoms. The number of aryl methyl sites for hydroxylation is 1. The van der Waals surface area contributed by atoms with E-state index in [1.54, 1.807) is 0 Å². The van der Waals surface area contributed by atoms with Gasteiger partial charge in [-0.3, -0.25) is 14.5 Å². The minimum atomic E-state index is -0.835. The molecule has 0 atom stereocenters. The van der Waals surface area contributed by atoms with Crippen LogP contribution in [-0.4, -0.2) is 60.4 Å². The fraction of sp³-hybridized carbons (Fsp3) is 0.556. The summed E-state index contributed by atoms with van der Waals surface area (Å²) in [5, 5.41) is 2.94. The largest absolute Gasteiger partial charge is 0.352 e. The zero-order chi connectivity index (χ0) is 18.0. The fourth-order valence-corrected chi connectivity index (χ4v) is 3.05. The molecule has 1 aromatic carbocycles. The van der Waals surface area contributed by atoms with Gasteiger partial charge in [0.1, 0.15) is 17.2 Å². The first-order valence-electron chi connectivity index (χ1n) is 8.71. The van der Waals surface area contributed by atoms with Crippen LogP contribution < -0.4 is 5.32 Å². The molecule has 1 aliphatic carbocycles. The lowest BCUT2D eigenvalue weighted by Crippen LogP contribution is -2.40. The van der Waals surface area contributed by atoms with Crippen LogP contribution in [0.15, 0.2) is 12.1 Å². The molecule has 1 heterocycles. The zero-order valence-electron chi connectivity index (χ0n) is 14.4. The van der Waals surface area contributed by atoms with Crippen LogP contribution in [0.3, 0.4) is 0 Å². The number of rotatable bonds is 4. The zero-order valence-corrected chi connectivity index (χ0v) is 14.4. The molecule has 3 rings (SSSR count). The first-order chi connectivity index (χ1) is 12.0. The van der Waals surface area contributed by atoms with E-state index in [9.17, 15) is 18.4 Å². The normalized spacial score (nSPS) is 18.8. The molecule has 25 heavy (non-hydrogen) atoms. The Bertz CT molecular complexity index is 677. The molecule has 2 fully saturated rings. The van der Waals surface area contributed by atoms with E-state index < -0.39 is 23.1 Å². The molecule has 2 amide bonds. The van der Waals surface area contributed by atoms with Crippen LogP contribution in [-0.2, 0) is 4.79 Å². The topological polar surface area (TPSA) is 52.7 Å². The maximum Gasteiger partial charge on any atom is 0.259 e. The summed E-state index contributed by atoms with van der Waals surface area (Å²) in [6.07, 6.45) is 2.75. The third-order valence-corrected chi connectivity index (χ3v) is 4.68. The van der Waals surface area contributed by atoms with Gasteiger partial charge in [0, 0.05) is 32.2 Å². The summed E-state index contributed by atoms with van der Waals surface area (Å²) in [5.74, 6) is -2.26. The Morgan fingerprint density at radius 3 is 2.64 bits per heavy atom. The Balaban J connectivity index is 1.61. The van der Waals surface area contributed by atoms with E-state index >= 15 is 0 Å². The molecule has 7 heteroatoms. The van der Waals surface area contributed by atoms with Gasteiger partial charge in [-0.25, -0.2) is 8.78 Å². The van der Waals surface area contributed by atoms with E-state index in [0.717, 1.165) is 18.9 Å². The van der Waals surface area contributed by atoms with E-state index in [2.05, 4.69) is 5.32 Å². The highest BCUT2D eigenvalue weighted by atomic mass is 19.1. The van der Waals surface area contributed by atoms with E-state index in [0.29, 0.717) is 45.2 Å². The van der Waals surface area contributed by atoms with Gasteiger partial charge in [0.15, 0.2) is 0 Å². The van der Waals surface area contributed by atoms with Gasteiger partial charge in [-0.15, -0.1) is 0 Å². The minimum absolute atomic E-state index is 0.00181. The number of amides is 2. The van der Waals surface area contributed by atoms with Crippen molar-refractivity contribution in [2.45, 2.75) is 32.2 Å². The van der Waals surface area contributed by atoms with Crippen molar-refractivity contribution in [3.05, 3.63) is 34.9 Å². The van der Waals surface area contributed by atoms with Crippen molar-refractivity contribution in [1.29, 1.82) is 0 Å². The lowest BCUT2D eigenvalue weighted by molar-refractivity contribution is -0.122. The number of benzene rings is 1. The molecular formula is C18H23F2N3O2. The fourth-order valence-electron chi connectivity index (χ4n) is 3.05. The monoisotopic (exact) mass is 351 g/mol. The number of halogens is 2. The van der Waals surface area contributed by atoms with Crippen LogP contribution in [0.5, 0.6) is 0 Å². The SMILES string of the molecule is Cc1ccc(F)c(C(=O)N2CCCN(CC(=O)NC3CC3)CC2)c1F. The number of nitrogens with one attached hydrogen (secondary N) is 1. The molecule has 1 aromatic rings. The second-order valence-electron chi connectivity index (χ2n) is 6.82. The van der Waals surface area contributed by atoms with E-state index in [-0.39, 0.29) is 11.5 Å². The average Bonchev–Trinajstić information content (AvgIpc) is 3.39. The Morgan fingerprint density at radius 2 is 1.92 bits per heavy atom. The number of hydrogen-bond acceptors (Lipinski definition) is 3. The Hall–Kier alpha value is -2.02. The van der Waals surface area contributed by atoms with Crippen LogP contribution >= 0.6 is 0 Å². The van der Waals surface area contributed by atoms with Gasteiger partial charge in [0.25, 0.3) is 5.91 Å². The van der Waals surface area contributed by atoms with Crippen molar-refractivity contribution in [3.63, 3.8) is 0 Å². The number of nitrogens with zero attached hydrogens (tertiary/aromatic N) is 2. The molecule has 0 aromatic heterocycles. The summed E-state index contributed by atoms with van der Waals surface area (Å²) in [4.78, 5) is 27.9. The van der Waals surface area contributed by atoms with Gasteiger partial charge < -0.3 is 10.2 Å². The maximum atomic E-state index is 14.2. The Kier molecular flexibility index (Phi) is 5.32. The summed E-state index contributed by atoms with van der Waals surface area (Å²) in [6, 6.07) is 2.77. The quantitative estimate of drug-likeness (QED) is 0.898. The predicted molar refractivity (Wildman–Crippen MR) is 89.2 cm³/mol. The highest BCUT2D eigenvalue weighted by Gasteiger charge is 2.28. The summed E-state index contributed by atoms with van der Waals surface area (Å²) < 4.78 is 28.2. The minimum Gasteiger partial charge on any atom is -0.352 e. The lowest BCUT2D eigenvalue weighted by Gasteiger charge is -2.22. The summed E-state index contributed by atoms with van der Waals surface area (Å²) in [6.45, 7) is 3.77. The van der Waals surface area contributed by atoms with Crippen molar-refractivity contribution in [2.75, 3.05) is 32.7 Å². The number of carbonyl (C=O) groups is 2. The van der Waals surface area contributed by atoms with Crippen LogP contribution in [0.2, 0.25) is 0 Å². The Morgan fingerprint density at radius 1 is 1.16 bits per heavy atom. The van der Waals surface area contributed by atoms with Gasteiger partial charge in [0.2, 0.25) is 5.91 Å². The standard InChI is InChI=1S/C18H23F2N3O2/c1-12-3-6-14(19)16(17(12)20)18(25)23-8-2-7-22(9-10-23)11-15(24)21-13-4-5-13/h3,6,13H,2,4-5,7-11H2,1H3,(H,21,24). The Labute approximate surface area is 146 Å². The van der Waals surface area contributed by atoms with Crippen molar-refractivity contribution in [1.82, 2.24) is 15.1 Å². The lowest BCUT2D eigenvalue weighted by atomic mass is 10.1. The molecule has 0 spiro atoms. The van der Waals surface area contributed by atoms with Gasteiger partial charge >= 0.3 is 0 Å². The second kappa shape index (κ2) is 7.47. The molecule has 1 aliphatic heterocycles. The maximum absolute atomic E-state index is 14.2. The molecule has 2 aliphatic rings. The van der Waals surface area contributed by atoms with E-state index in [1.807, 2.05) is 4.90 Å². The van der Waals surface area contributed by atoms with Crippen LogP contribution in [0.25, 0.3) is 0 Å². The second-order valence-corrected chi connectivity index (χ2v) is 6.82. The highest BCUT2D eigenvalue weighted by molar-refractivity contribution is 5.95. The first kappa shape index (κ1) is 17.8. The van der Waals surface area contributed by atoms with Crippen LogP contribution in [0.4, 0.5) is 8.78 Å². The number of hydrogen-bond donors (Lipinski definition) is 1. The van der Waals surface area contributed by atoms with Gasteiger partial charge in [-0.1, -0.05) is 6.07 Å². The van der Waals surface area contributed by atoms with E-state index in [1.165, 1.54) is 17.9 Å². The molecule has 1 saturated carbocycles. The van der Waals surface area contributed by atoms with Gasteiger partial charge in [-0.2, -0.15) is 0 Å². The molecule has 0 radical (unpaired) electrons. The van der Waals surface area contributed by atoms with Crippen molar-refractivity contribution in [3.8, 4) is 0 Å². The smallest absolute Gasteiger partial charge is 0.259 e. The predicted octanol–water partition coefficient (Wildman–Crippen LogP) is 1.70. The van der Waals surface area contributed by atoms with Crippen molar-refractivity contribution >= 4 is 11.8 Å².